The zero-order chi connectivity index (χ0) is 12.6. The van der Waals surface area contributed by atoms with Crippen LogP contribution in [0.3, 0.4) is 0 Å². The number of rotatable bonds is 5. The van der Waals surface area contributed by atoms with Crippen LogP contribution in [0.25, 0.3) is 0 Å². The van der Waals surface area contributed by atoms with Crippen LogP contribution in [0.4, 0.5) is 0 Å². The van der Waals surface area contributed by atoms with Crippen molar-refractivity contribution in [3.63, 3.8) is 0 Å². The van der Waals surface area contributed by atoms with Gasteiger partial charge < -0.3 is 15.4 Å². The molecule has 0 atom stereocenters. The molecular formula is C15H22N2O. The van der Waals surface area contributed by atoms with Crippen molar-refractivity contribution in [3.8, 4) is 5.75 Å². The highest BCUT2D eigenvalue weighted by Crippen LogP contribution is 2.45. The number of nitrogens with two attached hydrogens (primary N) is 1. The standard InChI is InChI=1S/C15H22N2O/c1-17(11-15(10-16)5-6-15)9-12-2-3-14-13(8-12)4-7-18-14/h2-3,8H,4-7,9-11,16H2,1H3. The summed E-state index contributed by atoms with van der Waals surface area (Å²) in [6.07, 6.45) is 3.65. The molecule has 1 aromatic carbocycles. The van der Waals surface area contributed by atoms with Crippen molar-refractivity contribution < 1.29 is 4.74 Å². The second-order valence-electron chi connectivity index (χ2n) is 5.92. The van der Waals surface area contributed by atoms with Crippen LogP contribution in [-0.4, -0.2) is 31.6 Å². The van der Waals surface area contributed by atoms with E-state index in [4.69, 9.17) is 10.5 Å². The largest absolute Gasteiger partial charge is 0.493 e. The SMILES string of the molecule is CN(Cc1ccc2c(c1)CCO2)CC1(CN)CC1. The first kappa shape index (κ1) is 12.0. The van der Waals surface area contributed by atoms with Gasteiger partial charge >= 0.3 is 0 Å². The second kappa shape index (κ2) is 4.56. The first-order valence-corrected chi connectivity index (χ1v) is 6.84. The van der Waals surface area contributed by atoms with Crippen molar-refractivity contribution in [3.05, 3.63) is 29.3 Å². The molecule has 0 unspecified atom stereocenters. The number of hydrogen-bond donors (Lipinski definition) is 1. The molecule has 1 aliphatic heterocycles. The molecule has 1 fully saturated rings. The van der Waals surface area contributed by atoms with Crippen LogP contribution in [0.5, 0.6) is 5.75 Å². The van der Waals surface area contributed by atoms with Gasteiger partial charge in [-0.1, -0.05) is 12.1 Å². The molecule has 0 aromatic heterocycles. The second-order valence-corrected chi connectivity index (χ2v) is 5.92. The topological polar surface area (TPSA) is 38.5 Å². The van der Waals surface area contributed by atoms with E-state index in [-0.39, 0.29) is 0 Å². The first-order chi connectivity index (χ1) is 8.71. The summed E-state index contributed by atoms with van der Waals surface area (Å²) in [5, 5.41) is 0. The van der Waals surface area contributed by atoms with Gasteiger partial charge in [0.1, 0.15) is 5.75 Å². The summed E-state index contributed by atoms with van der Waals surface area (Å²) >= 11 is 0. The molecule has 3 nitrogen and oxygen atoms in total. The molecule has 0 spiro atoms. The molecule has 18 heavy (non-hydrogen) atoms. The van der Waals surface area contributed by atoms with Crippen molar-refractivity contribution in [2.75, 3.05) is 26.7 Å². The predicted molar refractivity (Wildman–Crippen MR) is 72.7 cm³/mol. The Bertz CT molecular complexity index is 440. The third-order valence-electron chi connectivity index (χ3n) is 4.20. The fourth-order valence-electron chi connectivity index (χ4n) is 2.88. The Balaban J connectivity index is 1.62. The maximum atomic E-state index is 5.84. The minimum absolute atomic E-state index is 0.425. The number of benzene rings is 1. The fraction of sp³-hybridized carbons (Fsp3) is 0.600. The third-order valence-corrected chi connectivity index (χ3v) is 4.20. The van der Waals surface area contributed by atoms with Crippen LogP contribution in [0.15, 0.2) is 18.2 Å². The third kappa shape index (κ3) is 2.38. The Morgan fingerprint density at radius 2 is 2.22 bits per heavy atom. The molecule has 3 rings (SSSR count). The van der Waals surface area contributed by atoms with Crippen molar-refractivity contribution in [1.29, 1.82) is 0 Å². The smallest absolute Gasteiger partial charge is 0.122 e. The van der Waals surface area contributed by atoms with E-state index in [0.29, 0.717) is 5.41 Å². The number of hydrogen-bond acceptors (Lipinski definition) is 3. The lowest BCUT2D eigenvalue weighted by Crippen LogP contribution is -2.31. The van der Waals surface area contributed by atoms with E-state index in [1.165, 1.54) is 24.0 Å². The van der Waals surface area contributed by atoms with Gasteiger partial charge in [-0.3, -0.25) is 0 Å². The maximum absolute atomic E-state index is 5.84. The van der Waals surface area contributed by atoms with Gasteiger partial charge in [0.15, 0.2) is 0 Å². The van der Waals surface area contributed by atoms with Crippen LogP contribution in [0, 0.1) is 5.41 Å². The van der Waals surface area contributed by atoms with E-state index in [0.717, 1.165) is 38.4 Å². The molecule has 2 N–H and O–H groups in total. The molecule has 2 aliphatic rings. The minimum atomic E-state index is 0.425. The molecule has 0 amide bonds. The summed E-state index contributed by atoms with van der Waals surface area (Å²) in [6, 6.07) is 6.59. The Hall–Kier alpha value is -1.06. The fourth-order valence-corrected chi connectivity index (χ4v) is 2.88. The molecule has 0 bridgehead atoms. The number of ether oxygens (including phenoxy) is 1. The van der Waals surface area contributed by atoms with E-state index < -0.39 is 0 Å². The van der Waals surface area contributed by atoms with Crippen molar-refractivity contribution in [2.24, 2.45) is 11.1 Å². The average molecular weight is 246 g/mol. The predicted octanol–water partition coefficient (Wildman–Crippen LogP) is 1.79. The highest BCUT2D eigenvalue weighted by atomic mass is 16.5. The van der Waals surface area contributed by atoms with E-state index in [1.54, 1.807) is 0 Å². The van der Waals surface area contributed by atoms with Crippen LogP contribution in [0.1, 0.15) is 24.0 Å². The molecule has 0 saturated heterocycles. The normalized spacial score (nSPS) is 19.7. The number of nitrogens with zero attached hydrogens (tertiary/aromatic N) is 1. The van der Waals surface area contributed by atoms with E-state index in [9.17, 15) is 0 Å². The minimum Gasteiger partial charge on any atom is -0.493 e. The Labute approximate surface area is 109 Å². The molecular weight excluding hydrogens is 224 g/mol. The highest BCUT2D eigenvalue weighted by Gasteiger charge is 2.41. The average Bonchev–Trinajstić information content (AvgIpc) is 2.97. The Morgan fingerprint density at radius 3 is 2.94 bits per heavy atom. The van der Waals surface area contributed by atoms with Crippen molar-refractivity contribution in [1.82, 2.24) is 4.90 Å². The van der Waals surface area contributed by atoms with Gasteiger partial charge in [0, 0.05) is 19.5 Å². The van der Waals surface area contributed by atoms with Gasteiger partial charge in [-0.05, 0) is 49.0 Å². The summed E-state index contributed by atoms with van der Waals surface area (Å²) in [5.41, 5.74) is 9.01. The lowest BCUT2D eigenvalue weighted by atomic mass is 10.1. The number of fused-ring (bicyclic) bond motifs is 1. The van der Waals surface area contributed by atoms with Gasteiger partial charge in [0.2, 0.25) is 0 Å². The summed E-state index contributed by atoms with van der Waals surface area (Å²) in [7, 11) is 2.19. The lowest BCUT2D eigenvalue weighted by Gasteiger charge is -2.22. The summed E-state index contributed by atoms with van der Waals surface area (Å²) < 4.78 is 5.54. The molecule has 1 heterocycles. The van der Waals surface area contributed by atoms with Crippen LogP contribution in [0.2, 0.25) is 0 Å². The maximum Gasteiger partial charge on any atom is 0.122 e. The summed E-state index contributed by atoms with van der Waals surface area (Å²) in [6.45, 7) is 3.80. The van der Waals surface area contributed by atoms with Gasteiger partial charge in [0.05, 0.1) is 6.61 Å². The van der Waals surface area contributed by atoms with Crippen molar-refractivity contribution >= 4 is 0 Å². The molecule has 0 radical (unpaired) electrons. The summed E-state index contributed by atoms with van der Waals surface area (Å²) in [4.78, 5) is 2.40. The van der Waals surface area contributed by atoms with Gasteiger partial charge in [-0.25, -0.2) is 0 Å². The zero-order valence-electron chi connectivity index (χ0n) is 11.1. The zero-order valence-corrected chi connectivity index (χ0v) is 11.1. The Morgan fingerprint density at radius 1 is 1.39 bits per heavy atom. The summed E-state index contributed by atoms with van der Waals surface area (Å²) in [5.74, 6) is 1.07. The van der Waals surface area contributed by atoms with E-state index in [2.05, 4.69) is 30.1 Å². The van der Waals surface area contributed by atoms with Gasteiger partial charge in [-0.2, -0.15) is 0 Å². The molecule has 98 valence electrons. The monoisotopic (exact) mass is 246 g/mol. The van der Waals surface area contributed by atoms with Crippen LogP contribution in [-0.2, 0) is 13.0 Å². The van der Waals surface area contributed by atoms with E-state index in [1.807, 2.05) is 0 Å². The van der Waals surface area contributed by atoms with E-state index >= 15 is 0 Å². The van der Waals surface area contributed by atoms with Gasteiger partial charge in [-0.15, -0.1) is 0 Å². The van der Waals surface area contributed by atoms with Crippen LogP contribution >= 0.6 is 0 Å². The van der Waals surface area contributed by atoms with Gasteiger partial charge in [0.25, 0.3) is 0 Å². The first-order valence-electron chi connectivity index (χ1n) is 6.84. The molecule has 1 saturated carbocycles. The quantitative estimate of drug-likeness (QED) is 0.861. The molecule has 3 heteroatoms. The highest BCUT2D eigenvalue weighted by molar-refractivity contribution is 5.39. The molecule has 1 aliphatic carbocycles. The van der Waals surface area contributed by atoms with Crippen LogP contribution < -0.4 is 10.5 Å². The Kier molecular flexibility index (Phi) is 3.04. The van der Waals surface area contributed by atoms with Crippen molar-refractivity contribution in [2.45, 2.75) is 25.8 Å². The molecule has 1 aromatic rings. The lowest BCUT2D eigenvalue weighted by molar-refractivity contribution is 0.259.